The Balaban J connectivity index is 1.53. The second kappa shape index (κ2) is 10.1. The molecule has 4 rings (SSSR count). The van der Waals surface area contributed by atoms with Crippen molar-refractivity contribution in [3.63, 3.8) is 0 Å². The molecule has 1 aliphatic rings. The molecule has 7 nitrogen and oxygen atoms in total. The molecule has 0 N–H and O–H groups in total. The van der Waals surface area contributed by atoms with Crippen molar-refractivity contribution in [2.24, 2.45) is 0 Å². The monoisotopic (exact) mass is 439 g/mol. The second-order valence-electron chi connectivity index (χ2n) is 7.69. The summed E-state index contributed by atoms with van der Waals surface area (Å²) in [4.78, 5) is 4.41. The van der Waals surface area contributed by atoms with Crippen LogP contribution in [0.1, 0.15) is 5.56 Å². The third-order valence-electron chi connectivity index (χ3n) is 5.33. The van der Waals surface area contributed by atoms with Gasteiger partial charge in [-0.3, -0.25) is 9.47 Å². The summed E-state index contributed by atoms with van der Waals surface area (Å²) in [6, 6.07) is 18.1. The fourth-order valence-corrected chi connectivity index (χ4v) is 3.90. The van der Waals surface area contributed by atoms with Crippen LogP contribution in [0.5, 0.6) is 5.75 Å². The fourth-order valence-electron chi connectivity index (χ4n) is 3.62. The van der Waals surface area contributed by atoms with E-state index in [1.165, 1.54) is 0 Å². The van der Waals surface area contributed by atoms with Crippen molar-refractivity contribution in [2.75, 3.05) is 51.4 Å². The average Bonchev–Trinajstić information content (AvgIpc) is 3.11. The van der Waals surface area contributed by atoms with E-state index >= 15 is 0 Å². The van der Waals surface area contributed by atoms with E-state index in [4.69, 9.17) is 26.8 Å². The summed E-state index contributed by atoms with van der Waals surface area (Å²) in [5.74, 6) is 1.75. The summed E-state index contributed by atoms with van der Waals surface area (Å²) in [5.41, 5.74) is 2.23. The smallest absolute Gasteiger partial charge is 0.230 e. The number of ether oxygens (including phenoxy) is 2. The third kappa shape index (κ3) is 5.15. The minimum absolute atomic E-state index is 0.590. The average molecular weight is 440 g/mol. The van der Waals surface area contributed by atoms with Crippen LogP contribution in [0.4, 0.5) is 5.95 Å². The Bertz CT molecular complexity index is 1040. The number of nitrogens with zero attached hydrogens (tertiary/aromatic N) is 5. The lowest BCUT2D eigenvalue weighted by atomic mass is 10.2. The molecule has 31 heavy (non-hydrogen) atoms. The van der Waals surface area contributed by atoms with Crippen LogP contribution in [0.3, 0.4) is 0 Å². The molecule has 0 saturated carbocycles. The summed E-state index contributed by atoms with van der Waals surface area (Å²) < 4.78 is 16.0. The van der Waals surface area contributed by atoms with Gasteiger partial charge in [-0.1, -0.05) is 36.4 Å². The Labute approximate surface area is 188 Å². The number of hydrogen-bond donors (Lipinski definition) is 0. The standard InChI is InChI=1S/C23H29N5O2S/c1-19-8-6-7-11-21(19)28-22(26-13-15-29-16-14-26)24-27(23(28)31)18-25(2)12-17-30-20-9-4-3-5-10-20/h3-11H,12-18H2,1-2H3. The highest BCUT2D eigenvalue weighted by atomic mass is 32.1. The van der Waals surface area contributed by atoms with Crippen LogP contribution in [0.25, 0.3) is 5.69 Å². The van der Waals surface area contributed by atoms with Gasteiger partial charge in [0, 0.05) is 19.6 Å². The molecule has 0 unspecified atom stereocenters. The van der Waals surface area contributed by atoms with Crippen LogP contribution in [0, 0.1) is 11.7 Å². The van der Waals surface area contributed by atoms with E-state index < -0.39 is 0 Å². The topological polar surface area (TPSA) is 47.7 Å². The van der Waals surface area contributed by atoms with Crippen LogP contribution in [0.15, 0.2) is 54.6 Å². The zero-order valence-corrected chi connectivity index (χ0v) is 18.9. The number of hydrogen-bond acceptors (Lipinski definition) is 6. The molecule has 2 aromatic carbocycles. The Morgan fingerprint density at radius 2 is 1.77 bits per heavy atom. The maximum absolute atomic E-state index is 5.88. The van der Waals surface area contributed by atoms with Crippen LogP contribution in [0.2, 0.25) is 0 Å². The van der Waals surface area contributed by atoms with Gasteiger partial charge < -0.3 is 14.4 Å². The number of likely N-dealkylation sites (N-methyl/N-ethyl adjacent to an activating group) is 1. The van der Waals surface area contributed by atoms with Crippen LogP contribution < -0.4 is 9.64 Å². The quantitative estimate of drug-likeness (QED) is 0.501. The van der Waals surface area contributed by atoms with Gasteiger partial charge in [0.05, 0.1) is 25.6 Å². The zero-order chi connectivity index (χ0) is 21.6. The molecule has 1 aromatic heterocycles. The molecule has 0 aliphatic carbocycles. The van der Waals surface area contributed by atoms with E-state index in [1.807, 2.05) is 47.1 Å². The van der Waals surface area contributed by atoms with Crippen molar-refractivity contribution in [1.29, 1.82) is 0 Å². The Kier molecular flexibility index (Phi) is 7.01. The highest BCUT2D eigenvalue weighted by molar-refractivity contribution is 7.71. The van der Waals surface area contributed by atoms with Gasteiger partial charge in [-0.2, -0.15) is 0 Å². The van der Waals surface area contributed by atoms with Gasteiger partial charge in [-0.25, -0.2) is 4.68 Å². The first-order valence-corrected chi connectivity index (χ1v) is 11.0. The lowest BCUT2D eigenvalue weighted by Crippen LogP contribution is -2.38. The fraction of sp³-hybridized carbons (Fsp3) is 0.391. The number of para-hydroxylation sites is 2. The Hall–Kier alpha value is -2.68. The van der Waals surface area contributed by atoms with E-state index in [0.29, 0.717) is 31.3 Å². The first-order chi connectivity index (χ1) is 15.1. The maximum atomic E-state index is 5.88. The molecule has 0 radical (unpaired) electrons. The minimum atomic E-state index is 0.590. The number of aromatic nitrogens is 3. The molecule has 1 aliphatic heterocycles. The van der Waals surface area contributed by atoms with Crippen molar-refractivity contribution >= 4 is 18.2 Å². The van der Waals surface area contributed by atoms with Gasteiger partial charge in [0.25, 0.3) is 0 Å². The van der Waals surface area contributed by atoms with Crippen molar-refractivity contribution in [1.82, 2.24) is 19.2 Å². The molecule has 8 heteroatoms. The largest absolute Gasteiger partial charge is 0.492 e. The van der Waals surface area contributed by atoms with Crippen molar-refractivity contribution < 1.29 is 9.47 Å². The Morgan fingerprint density at radius 3 is 2.52 bits per heavy atom. The van der Waals surface area contributed by atoms with Crippen molar-refractivity contribution in [3.8, 4) is 11.4 Å². The maximum Gasteiger partial charge on any atom is 0.230 e. The number of benzene rings is 2. The molecule has 164 valence electrons. The highest BCUT2D eigenvalue weighted by Crippen LogP contribution is 2.23. The van der Waals surface area contributed by atoms with E-state index in [0.717, 1.165) is 42.6 Å². The lowest BCUT2D eigenvalue weighted by Gasteiger charge is -2.27. The van der Waals surface area contributed by atoms with Gasteiger partial charge in [-0.05, 0) is 50.0 Å². The Morgan fingerprint density at radius 1 is 1.06 bits per heavy atom. The molecule has 0 atom stereocenters. The summed E-state index contributed by atoms with van der Waals surface area (Å²) >= 11 is 5.88. The molecule has 0 bridgehead atoms. The predicted molar refractivity (Wildman–Crippen MR) is 125 cm³/mol. The van der Waals surface area contributed by atoms with E-state index in [1.54, 1.807) is 0 Å². The van der Waals surface area contributed by atoms with Crippen LogP contribution in [-0.4, -0.2) is 65.8 Å². The van der Waals surface area contributed by atoms with Gasteiger partial charge in [-0.15, -0.1) is 5.10 Å². The van der Waals surface area contributed by atoms with Gasteiger partial charge in [0.2, 0.25) is 10.7 Å². The SMILES string of the molecule is Cc1ccccc1-n1c(N2CCOCC2)nn(CN(C)CCOc2ccccc2)c1=S. The molecular formula is C23H29N5O2S. The highest BCUT2D eigenvalue weighted by Gasteiger charge is 2.22. The summed E-state index contributed by atoms with van der Waals surface area (Å²) in [7, 11) is 2.05. The first kappa shape index (κ1) is 21.5. The number of morpholine rings is 1. The summed E-state index contributed by atoms with van der Waals surface area (Å²) in [6.45, 7) is 7.06. The number of aryl methyl sites for hydroxylation is 1. The number of anilines is 1. The first-order valence-electron chi connectivity index (χ1n) is 10.6. The van der Waals surface area contributed by atoms with E-state index in [9.17, 15) is 0 Å². The molecule has 1 fully saturated rings. The minimum Gasteiger partial charge on any atom is -0.492 e. The van der Waals surface area contributed by atoms with E-state index in [2.05, 4.69) is 40.5 Å². The molecular weight excluding hydrogens is 410 g/mol. The van der Waals surface area contributed by atoms with Crippen LogP contribution >= 0.6 is 12.2 Å². The molecule has 0 amide bonds. The van der Waals surface area contributed by atoms with Gasteiger partial charge >= 0.3 is 0 Å². The van der Waals surface area contributed by atoms with Gasteiger partial charge in [0.15, 0.2) is 0 Å². The molecule has 0 spiro atoms. The molecule has 2 heterocycles. The van der Waals surface area contributed by atoms with Crippen molar-refractivity contribution in [2.45, 2.75) is 13.6 Å². The van der Waals surface area contributed by atoms with Gasteiger partial charge in [0.1, 0.15) is 12.4 Å². The second-order valence-corrected chi connectivity index (χ2v) is 8.05. The lowest BCUT2D eigenvalue weighted by molar-refractivity contribution is 0.121. The third-order valence-corrected chi connectivity index (χ3v) is 5.73. The molecule has 1 saturated heterocycles. The molecule has 3 aromatic rings. The van der Waals surface area contributed by atoms with Crippen molar-refractivity contribution in [3.05, 3.63) is 64.9 Å². The zero-order valence-electron chi connectivity index (χ0n) is 18.1. The summed E-state index contributed by atoms with van der Waals surface area (Å²) in [6.07, 6.45) is 0. The number of rotatable bonds is 8. The predicted octanol–water partition coefficient (Wildman–Crippen LogP) is 3.52. The van der Waals surface area contributed by atoms with E-state index in [-0.39, 0.29) is 0 Å². The van der Waals surface area contributed by atoms with Crippen LogP contribution in [-0.2, 0) is 11.4 Å². The summed E-state index contributed by atoms with van der Waals surface area (Å²) in [5, 5.41) is 4.92. The normalized spacial score (nSPS) is 14.2.